The highest BCUT2D eigenvalue weighted by Gasteiger charge is 2.31. The van der Waals surface area contributed by atoms with Gasteiger partial charge in [0.05, 0.1) is 21.7 Å². The van der Waals surface area contributed by atoms with Gasteiger partial charge in [-0.1, -0.05) is 41.4 Å². The molecule has 0 saturated carbocycles. The number of rotatable bonds is 3. The van der Waals surface area contributed by atoms with Gasteiger partial charge in [-0.25, -0.2) is 0 Å². The van der Waals surface area contributed by atoms with Gasteiger partial charge >= 0.3 is 6.18 Å². The van der Waals surface area contributed by atoms with Crippen LogP contribution in [0.4, 0.5) is 13.2 Å². The van der Waals surface area contributed by atoms with Gasteiger partial charge in [0, 0.05) is 19.6 Å². The van der Waals surface area contributed by atoms with Crippen LogP contribution in [0.1, 0.15) is 29.2 Å². The molecule has 1 unspecified atom stereocenters. The van der Waals surface area contributed by atoms with Crippen LogP contribution in [0.5, 0.6) is 0 Å². The van der Waals surface area contributed by atoms with Crippen molar-refractivity contribution in [2.75, 3.05) is 26.2 Å². The van der Waals surface area contributed by atoms with Crippen LogP contribution in [-0.2, 0) is 6.18 Å². The van der Waals surface area contributed by atoms with Gasteiger partial charge in [-0.2, -0.15) is 13.2 Å². The second-order valence-corrected chi connectivity index (χ2v) is 7.15. The third kappa shape index (κ3) is 4.52. The Morgan fingerprint density at radius 2 is 1.58 bits per heavy atom. The molecule has 2 aromatic carbocycles. The molecule has 0 amide bonds. The summed E-state index contributed by atoms with van der Waals surface area (Å²) in [5.74, 6) is 0. The van der Waals surface area contributed by atoms with E-state index in [1.165, 1.54) is 0 Å². The molecule has 1 saturated heterocycles. The summed E-state index contributed by atoms with van der Waals surface area (Å²) in [6.07, 6.45) is -3.37. The monoisotopic (exact) mass is 402 g/mol. The average Bonchev–Trinajstić information content (AvgIpc) is 2.87. The number of halogens is 5. The van der Waals surface area contributed by atoms with Crippen LogP contribution in [0.15, 0.2) is 42.5 Å². The first-order valence-electron chi connectivity index (χ1n) is 8.43. The highest BCUT2D eigenvalue weighted by atomic mass is 35.5. The highest BCUT2D eigenvalue weighted by molar-refractivity contribution is 6.42. The fourth-order valence-electron chi connectivity index (χ4n) is 3.28. The van der Waals surface area contributed by atoms with Crippen molar-refractivity contribution in [2.24, 2.45) is 0 Å². The first kappa shape index (κ1) is 19.5. The predicted octanol–water partition coefficient (Wildman–Crippen LogP) is 5.40. The van der Waals surface area contributed by atoms with Gasteiger partial charge in [0.15, 0.2) is 0 Å². The lowest BCUT2D eigenvalue weighted by molar-refractivity contribution is -0.137. The van der Waals surface area contributed by atoms with Gasteiger partial charge in [0.25, 0.3) is 0 Å². The third-order valence-electron chi connectivity index (χ3n) is 4.55. The third-order valence-corrected chi connectivity index (χ3v) is 5.29. The van der Waals surface area contributed by atoms with E-state index in [2.05, 4.69) is 10.2 Å². The maximum atomic E-state index is 12.9. The number of alkyl halides is 3. The van der Waals surface area contributed by atoms with E-state index in [9.17, 15) is 13.2 Å². The van der Waals surface area contributed by atoms with Gasteiger partial charge in [-0.3, -0.25) is 4.90 Å². The molecule has 0 bridgehead atoms. The molecule has 26 heavy (non-hydrogen) atoms. The summed E-state index contributed by atoms with van der Waals surface area (Å²) in [7, 11) is 0. The minimum Gasteiger partial charge on any atom is -0.315 e. The van der Waals surface area contributed by atoms with Crippen LogP contribution in [0.3, 0.4) is 0 Å². The lowest BCUT2D eigenvalue weighted by Crippen LogP contribution is -2.33. The number of nitrogens with one attached hydrogen (secondary N) is 1. The summed E-state index contributed by atoms with van der Waals surface area (Å²) < 4.78 is 38.7. The largest absolute Gasteiger partial charge is 0.416 e. The molecule has 7 heteroatoms. The Balaban J connectivity index is 2.00. The average molecular weight is 403 g/mol. The van der Waals surface area contributed by atoms with E-state index < -0.39 is 11.7 Å². The van der Waals surface area contributed by atoms with Gasteiger partial charge in [0.1, 0.15) is 0 Å². The maximum Gasteiger partial charge on any atom is 0.416 e. The molecule has 140 valence electrons. The van der Waals surface area contributed by atoms with Crippen molar-refractivity contribution in [2.45, 2.75) is 18.6 Å². The molecule has 0 aliphatic carbocycles. The van der Waals surface area contributed by atoms with E-state index in [0.29, 0.717) is 10.0 Å². The van der Waals surface area contributed by atoms with Crippen LogP contribution in [0, 0.1) is 0 Å². The summed E-state index contributed by atoms with van der Waals surface area (Å²) in [6, 6.07) is 10.6. The van der Waals surface area contributed by atoms with Crippen molar-refractivity contribution < 1.29 is 13.2 Å². The Hall–Kier alpha value is -1.27. The first-order valence-corrected chi connectivity index (χ1v) is 9.19. The molecular weight excluding hydrogens is 384 g/mol. The maximum absolute atomic E-state index is 12.9. The highest BCUT2D eigenvalue weighted by Crippen LogP contribution is 2.35. The van der Waals surface area contributed by atoms with Crippen LogP contribution in [-0.4, -0.2) is 31.1 Å². The van der Waals surface area contributed by atoms with Crippen LogP contribution in [0.2, 0.25) is 10.0 Å². The summed E-state index contributed by atoms with van der Waals surface area (Å²) in [4.78, 5) is 2.27. The lowest BCUT2D eigenvalue weighted by atomic mass is 9.95. The lowest BCUT2D eigenvalue weighted by Gasteiger charge is -2.31. The quantitative estimate of drug-likeness (QED) is 0.739. The van der Waals surface area contributed by atoms with E-state index in [1.807, 2.05) is 6.07 Å². The summed E-state index contributed by atoms with van der Waals surface area (Å²) in [6.45, 7) is 3.40. The standard InChI is InChI=1S/C19H19Cl2F3N2/c20-16-7-4-14(12-17(16)21)18(26-10-1-8-25-9-11-26)13-2-5-15(6-3-13)19(22,23)24/h2-7,12,18,25H,1,8-11H2. The number of hydrogen-bond acceptors (Lipinski definition) is 2. The first-order chi connectivity index (χ1) is 12.4. The van der Waals surface area contributed by atoms with Gasteiger partial charge in [0.2, 0.25) is 0 Å². The summed E-state index contributed by atoms with van der Waals surface area (Å²) >= 11 is 12.2. The second kappa shape index (κ2) is 8.17. The van der Waals surface area contributed by atoms with Crippen molar-refractivity contribution in [3.05, 3.63) is 69.2 Å². The second-order valence-electron chi connectivity index (χ2n) is 6.34. The van der Waals surface area contributed by atoms with Gasteiger partial charge in [-0.15, -0.1) is 0 Å². The predicted molar refractivity (Wildman–Crippen MR) is 98.8 cm³/mol. The van der Waals surface area contributed by atoms with E-state index in [4.69, 9.17) is 23.2 Å². The normalized spacial score (nSPS) is 17.7. The van der Waals surface area contributed by atoms with Crippen LogP contribution >= 0.6 is 23.2 Å². The van der Waals surface area contributed by atoms with Crippen molar-refractivity contribution >= 4 is 23.2 Å². The summed E-state index contributed by atoms with van der Waals surface area (Å²) in [5, 5.41) is 4.24. The molecule has 0 spiro atoms. The molecule has 3 rings (SSSR count). The number of benzene rings is 2. The van der Waals surface area contributed by atoms with E-state index >= 15 is 0 Å². The Bertz CT molecular complexity index is 739. The molecule has 1 atom stereocenters. The molecule has 1 aliphatic rings. The van der Waals surface area contributed by atoms with Crippen molar-refractivity contribution in [1.82, 2.24) is 10.2 Å². The number of hydrogen-bond donors (Lipinski definition) is 1. The zero-order chi connectivity index (χ0) is 18.7. The zero-order valence-corrected chi connectivity index (χ0v) is 15.5. The van der Waals surface area contributed by atoms with Gasteiger partial charge in [-0.05, 0) is 48.4 Å². The molecule has 1 fully saturated rings. The minimum atomic E-state index is -4.34. The Labute approximate surface area is 160 Å². The van der Waals surface area contributed by atoms with Crippen molar-refractivity contribution in [1.29, 1.82) is 0 Å². The fraction of sp³-hybridized carbons (Fsp3) is 0.368. The number of nitrogens with zero attached hydrogens (tertiary/aromatic N) is 1. The minimum absolute atomic E-state index is 0.174. The topological polar surface area (TPSA) is 15.3 Å². The molecule has 2 nitrogen and oxygen atoms in total. The molecule has 1 N–H and O–H groups in total. The van der Waals surface area contributed by atoms with E-state index in [1.54, 1.807) is 24.3 Å². The molecule has 0 radical (unpaired) electrons. The SMILES string of the molecule is FC(F)(F)c1ccc(C(c2ccc(Cl)c(Cl)c2)N2CCCNCC2)cc1. The van der Waals surface area contributed by atoms with Crippen LogP contribution in [0.25, 0.3) is 0 Å². The fourth-order valence-corrected chi connectivity index (χ4v) is 3.58. The zero-order valence-electron chi connectivity index (χ0n) is 14.0. The Morgan fingerprint density at radius 1 is 0.885 bits per heavy atom. The molecular formula is C19H19Cl2F3N2. The van der Waals surface area contributed by atoms with E-state index in [0.717, 1.165) is 55.9 Å². The Morgan fingerprint density at radius 3 is 2.23 bits per heavy atom. The molecule has 2 aromatic rings. The van der Waals surface area contributed by atoms with Crippen molar-refractivity contribution in [3.8, 4) is 0 Å². The van der Waals surface area contributed by atoms with Gasteiger partial charge < -0.3 is 5.32 Å². The molecule has 1 aliphatic heterocycles. The smallest absolute Gasteiger partial charge is 0.315 e. The summed E-state index contributed by atoms with van der Waals surface area (Å²) in [5.41, 5.74) is 1.08. The van der Waals surface area contributed by atoms with Crippen LogP contribution < -0.4 is 5.32 Å². The van der Waals surface area contributed by atoms with E-state index in [-0.39, 0.29) is 6.04 Å². The van der Waals surface area contributed by atoms with Crippen molar-refractivity contribution in [3.63, 3.8) is 0 Å². The molecule has 1 heterocycles. The Kier molecular flexibility index (Phi) is 6.13. The molecule has 0 aromatic heterocycles.